The van der Waals surface area contributed by atoms with Crippen LogP contribution in [0.5, 0.6) is 0 Å². The first-order valence-corrected chi connectivity index (χ1v) is 13.5. The minimum atomic E-state index is -3.54. The van der Waals surface area contributed by atoms with Crippen LogP contribution in [0.4, 0.5) is 0 Å². The van der Waals surface area contributed by atoms with E-state index in [2.05, 4.69) is 4.72 Å². The van der Waals surface area contributed by atoms with Gasteiger partial charge in [0.25, 0.3) is 0 Å². The van der Waals surface area contributed by atoms with Gasteiger partial charge in [0.15, 0.2) is 9.84 Å². The van der Waals surface area contributed by atoms with Crippen LogP contribution in [0.1, 0.15) is 58.9 Å². The van der Waals surface area contributed by atoms with Gasteiger partial charge in [-0.25, -0.2) is 21.6 Å². The van der Waals surface area contributed by atoms with Crippen LogP contribution in [0.15, 0.2) is 29.2 Å². The molecular formula is C21H33NO5S2. The van der Waals surface area contributed by atoms with Gasteiger partial charge in [0, 0.05) is 18.4 Å². The monoisotopic (exact) mass is 443 g/mol. The Morgan fingerprint density at radius 1 is 0.966 bits per heavy atom. The summed E-state index contributed by atoms with van der Waals surface area (Å²) in [5.41, 5.74) is 0.794. The Balaban J connectivity index is 1.90. The third-order valence-electron chi connectivity index (χ3n) is 5.49. The summed E-state index contributed by atoms with van der Waals surface area (Å²) in [7, 11) is -6.58. The minimum absolute atomic E-state index is 0.0426. The maximum absolute atomic E-state index is 12.6. The molecule has 0 aliphatic heterocycles. The normalized spacial score (nSPS) is 20.9. The summed E-state index contributed by atoms with van der Waals surface area (Å²) >= 11 is 0. The zero-order chi connectivity index (χ0) is 21.8. The van der Waals surface area contributed by atoms with Gasteiger partial charge in [0.05, 0.1) is 15.9 Å². The quantitative estimate of drug-likeness (QED) is 0.632. The molecule has 1 saturated carbocycles. The fourth-order valence-corrected chi connectivity index (χ4v) is 6.31. The summed E-state index contributed by atoms with van der Waals surface area (Å²) < 4.78 is 51.1. The van der Waals surface area contributed by atoms with Crippen LogP contribution in [0.25, 0.3) is 0 Å². The van der Waals surface area contributed by atoms with E-state index in [1.165, 1.54) is 12.1 Å². The summed E-state index contributed by atoms with van der Waals surface area (Å²) in [6, 6.07) is 6.25. The highest BCUT2D eigenvalue weighted by atomic mass is 32.2. The molecule has 0 saturated heterocycles. The number of hydrogen-bond donors (Lipinski definition) is 1. The molecule has 164 valence electrons. The van der Waals surface area contributed by atoms with Crippen LogP contribution in [-0.4, -0.2) is 39.7 Å². The zero-order valence-electron chi connectivity index (χ0n) is 17.7. The van der Waals surface area contributed by atoms with E-state index in [1.807, 2.05) is 0 Å². The molecule has 0 atom stereocenters. The van der Waals surface area contributed by atoms with Gasteiger partial charge in [-0.15, -0.1) is 0 Å². The number of carbonyl (C=O) groups is 1. The molecule has 8 heteroatoms. The van der Waals surface area contributed by atoms with Crippen LogP contribution in [0, 0.1) is 11.8 Å². The van der Waals surface area contributed by atoms with Gasteiger partial charge in [0.2, 0.25) is 10.0 Å². The number of hydrogen-bond acceptors (Lipinski definition) is 5. The Kier molecular flexibility index (Phi) is 8.04. The number of ketones is 1. The lowest BCUT2D eigenvalue weighted by Crippen LogP contribution is -2.30. The topological polar surface area (TPSA) is 97.4 Å². The minimum Gasteiger partial charge on any atom is -0.299 e. The lowest BCUT2D eigenvalue weighted by atomic mass is 9.79. The molecule has 0 aromatic heterocycles. The molecule has 1 fully saturated rings. The van der Waals surface area contributed by atoms with Crippen LogP contribution in [-0.2, 0) is 31.1 Å². The lowest BCUT2D eigenvalue weighted by Gasteiger charge is -2.28. The summed E-state index contributed by atoms with van der Waals surface area (Å²) in [6.45, 7) is 6.94. The van der Waals surface area contributed by atoms with E-state index < -0.39 is 19.9 Å². The van der Waals surface area contributed by atoms with E-state index in [0.717, 1.165) is 31.2 Å². The van der Waals surface area contributed by atoms with Crippen molar-refractivity contribution in [2.75, 3.05) is 5.75 Å². The second-order valence-electron chi connectivity index (χ2n) is 8.66. The van der Waals surface area contributed by atoms with Crippen LogP contribution < -0.4 is 4.72 Å². The number of sulfonamides is 1. The maximum atomic E-state index is 12.6. The van der Waals surface area contributed by atoms with Crippen molar-refractivity contribution in [3.8, 4) is 0 Å². The molecule has 1 aliphatic rings. The van der Waals surface area contributed by atoms with E-state index in [0.29, 0.717) is 0 Å². The predicted molar refractivity (Wildman–Crippen MR) is 115 cm³/mol. The Labute approximate surface area is 175 Å². The number of carbonyl (C=O) groups excluding carboxylic acids is 1. The first-order valence-electron chi connectivity index (χ1n) is 10.3. The van der Waals surface area contributed by atoms with Gasteiger partial charge < -0.3 is 0 Å². The Bertz CT molecular complexity index is 895. The number of Topliss-reactive ketones (excluding diaryl/α,β-unsaturated/α-hetero) is 1. The average molecular weight is 444 g/mol. The maximum Gasteiger partial charge on any atom is 0.240 e. The van der Waals surface area contributed by atoms with Crippen molar-refractivity contribution >= 4 is 25.6 Å². The highest BCUT2D eigenvalue weighted by molar-refractivity contribution is 7.92. The number of sulfone groups is 1. The molecule has 1 N–H and O–H groups in total. The summed E-state index contributed by atoms with van der Waals surface area (Å²) in [6.07, 6.45) is 3.25. The Hall–Kier alpha value is -1.25. The van der Waals surface area contributed by atoms with Crippen molar-refractivity contribution in [1.82, 2.24) is 4.72 Å². The highest BCUT2D eigenvalue weighted by Crippen LogP contribution is 2.31. The molecule has 0 bridgehead atoms. The van der Waals surface area contributed by atoms with Gasteiger partial charge in [-0.2, -0.15) is 0 Å². The predicted octanol–water partition coefficient (Wildman–Crippen LogP) is 3.11. The Morgan fingerprint density at radius 3 is 2.00 bits per heavy atom. The van der Waals surface area contributed by atoms with Crippen molar-refractivity contribution in [3.63, 3.8) is 0 Å². The van der Waals surface area contributed by atoms with Gasteiger partial charge in [-0.1, -0.05) is 12.1 Å². The van der Waals surface area contributed by atoms with Crippen LogP contribution in [0.3, 0.4) is 0 Å². The largest absolute Gasteiger partial charge is 0.299 e. The molecule has 0 radical (unpaired) electrons. The van der Waals surface area contributed by atoms with Crippen molar-refractivity contribution < 1.29 is 21.6 Å². The number of nitrogens with one attached hydrogen (secondary N) is 1. The fourth-order valence-electron chi connectivity index (χ4n) is 3.68. The molecular weight excluding hydrogens is 410 g/mol. The van der Waals surface area contributed by atoms with Gasteiger partial charge in [-0.05, 0) is 77.0 Å². The van der Waals surface area contributed by atoms with Gasteiger partial charge in [-0.3, -0.25) is 4.79 Å². The number of rotatable bonds is 9. The third kappa shape index (κ3) is 6.89. The molecule has 2 rings (SSSR count). The molecule has 0 unspecified atom stereocenters. The van der Waals surface area contributed by atoms with E-state index in [4.69, 9.17) is 0 Å². The van der Waals surface area contributed by atoms with E-state index >= 15 is 0 Å². The average Bonchev–Trinajstić information content (AvgIpc) is 2.61. The first kappa shape index (κ1) is 24.0. The van der Waals surface area contributed by atoms with E-state index in [-0.39, 0.29) is 46.0 Å². The van der Waals surface area contributed by atoms with Crippen molar-refractivity contribution in [2.24, 2.45) is 11.8 Å². The van der Waals surface area contributed by atoms with Gasteiger partial charge in [0.1, 0.15) is 5.78 Å². The molecule has 29 heavy (non-hydrogen) atoms. The van der Waals surface area contributed by atoms with E-state index in [9.17, 15) is 21.6 Å². The highest BCUT2D eigenvalue weighted by Gasteiger charge is 2.30. The SMILES string of the molecule is CC(C)NS(=O)(=O)c1ccc(CC(=O)C2CCC(CS(=O)(=O)C(C)C)CC2)cc1. The van der Waals surface area contributed by atoms with Crippen LogP contribution in [0.2, 0.25) is 0 Å². The molecule has 0 heterocycles. The first-order chi connectivity index (χ1) is 13.4. The fraction of sp³-hybridized carbons (Fsp3) is 0.667. The van der Waals surface area contributed by atoms with Gasteiger partial charge >= 0.3 is 0 Å². The Morgan fingerprint density at radius 2 is 1.52 bits per heavy atom. The second-order valence-corrected chi connectivity index (χ2v) is 13.0. The van der Waals surface area contributed by atoms with E-state index in [1.54, 1.807) is 39.8 Å². The summed E-state index contributed by atoms with van der Waals surface area (Å²) in [5, 5.41) is -0.357. The smallest absolute Gasteiger partial charge is 0.240 e. The van der Waals surface area contributed by atoms with Crippen molar-refractivity contribution in [2.45, 2.75) is 76.0 Å². The third-order valence-corrected chi connectivity index (χ3v) is 9.54. The zero-order valence-corrected chi connectivity index (χ0v) is 19.4. The second kappa shape index (κ2) is 9.71. The standard InChI is InChI=1S/C21H33NO5S2/c1-15(2)22-29(26,27)20-11-7-17(8-12-20)13-21(23)19-9-5-18(6-10-19)14-28(24,25)16(3)4/h7-8,11-12,15-16,18-19,22H,5-6,9-10,13-14H2,1-4H3. The van der Waals surface area contributed by atoms with Crippen molar-refractivity contribution in [1.29, 1.82) is 0 Å². The molecule has 6 nitrogen and oxygen atoms in total. The van der Waals surface area contributed by atoms with Crippen LogP contribution >= 0.6 is 0 Å². The number of benzene rings is 1. The molecule has 0 amide bonds. The molecule has 0 spiro atoms. The molecule has 1 aromatic rings. The molecule has 1 aromatic carbocycles. The lowest BCUT2D eigenvalue weighted by molar-refractivity contribution is -0.123. The van der Waals surface area contributed by atoms with Crippen molar-refractivity contribution in [3.05, 3.63) is 29.8 Å². The molecule has 1 aliphatic carbocycles. The summed E-state index contributed by atoms with van der Waals surface area (Å²) in [4.78, 5) is 12.8. The summed E-state index contributed by atoms with van der Waals surface area (Å²) in [5.74, 6) is 0.459.